The molecule has 0 rings (SSSR count). The number of carbonyl (C=O) groups excluding carboxylic acids is 1. The molecule has 264 valence electrons. The zero-order chi connectivity index (χ0) is 33.3. The highest BCUT2D eigenvalue weighted by molar-refractivity contribution is 7.85. The first-order valence-corrected chi connectivity index (χ1v) is 20.3. The van der Waals surface area contributed by atoms with Gasteiger partial charge in [-0.25, -0.2) is 0 Å². The van der Waals surface area contributed by atoms with Gasteiger partial charge in [-0.2, -0.15) is 8.42 Å². The van der Waals surface area contributed by atoms with Crippen LogP contribution in [0.25, 0.3) is 0 Å². The summed E-state index contributed by atoms with van der Waals surface area (Å²) in [6.45, 7) is 4.39. The van der Waals surface area contributed by atoms with Gasteiger partial charge in [0.15, 0.2) is 0 Å². The summed E-state index contributed by atoms with van der Waals surface area (Å²) >= 11 is 0. The lowest BCUT2D eigenvalue weighted by Gasteiger charge is -2.23. The van der Waals surface area contributed by atoms with Crippen LogP contribution in [0.15, 0.2) is 36.5 Å². The van der Waals surface area contributed by atoms with Gasteiger partial charge in [0.05, 0.1) is 17.9 Å². The fourth-order valence-electron chi connectivity index (χ4n) is 5.59. The lowest BCUT2D eigenvalue weighted by Crippen LogP contribution is -2.47. The number of nitrogens with one attached hydrogen (secondary N) is 1. The van der Waals surface area contributed by atoms with Crippen molar-refractivity contribution in [2.45, 2.75) is 193 Å². The predicted molar refractivity (Wildman–Crippen MR) is 193 cm³/mol. The topological polar surface area (TPSA) is 104 Å². The van der Waals surface area contributed by atoms with E-state index in [2.05, 4.69) is 55.6 Å². The van der Waals surface area contributed by atoms with Crippen molar-refractivity contribution in [2.24, 2.45) is 0 Å². The first kappa shape index (κ1) is 43.6. The minimum Gasteiger partial charge on any atom is -0.391 e. The molecule has 0 aliphatic heterocycles. The molecule has 0 saturated carbocycles. The maximum absolute atomic E-state index is 12.5. The first-order chi connectivity index (χ1) is 21.8. The van der Waals surface area contributed by atoms with Crippen molar-refractivity contribution in [1.82, 2.24) is 5.32 Å². The van der Waals surface area contributed by atoms with Crippen molar-refractivity contribution in [2.75, 3.05) is 5.75 Å². The fourth-order valence-corrected chi connectivity index (χ4v) is 6.34. The van der Waals surface area contributed by atoms with Gasteiger partial charge in [-0.15, -0.1) is 0 Å². The number of hydrogen-bond donors (Lipinski definition) is 3. The Morgan fingerprint density at radius 3 is 1.56 bits per heavy atom. The van der Waals surface area contributed by atoms with Crippen LogP contribution in [-0.4, -0.2) is 41.9 Å². The second-order valence-corrected chi connectivity index (χ2v) is 14.3. The van der Waals surface area contributed by atoms with Crippen LogP contribution in [0.1, 0.15) is 181 Å². The molecule has 0 aliphatic carbocycles. The third kappa shape index (κ3) is 33.7. The average Bonchev–Trinajstić information content (AvgIpc) is 3.00. The third-order valence-electron chi connectivity index (χ3n) is 8.36. The van der Waals surface area contributed by atoms with Crippen LogP contribution in [0.5, 0.6) is 0 Å². The van der Waals surface area contributed by atoms with E-state index in [0.29, 0.717) is 12.8 Å². The van der Waals surface area contributed by atoms with Crippen molar-refractivity contribution < 1.29 is 22.9 Å². The first-order valence-electron chi connectivity index (χ1n) is 18.7. The van der Waals surface area contributed by atoms with E-state index in [1.165, 1.54) is 89.9 Å². The molecule has 0 bridgehead atoms. The van der Waals surface area contributed by atoms with Crippen LogP contribution in [0.4, 0.5) is 0 Å². The molecule has 0 aliphatic rings. The number of carbonyl (C=O) groups is 1. The second-order valence-electron chi connectivity index (χ2n) is 12.8. The smallest absolute Gasteiger partial charge is 0.266 e. The number of unbranched alkanes of at least 4 members (excludes halogenated alkanes) is 19. The standard InChI is InChI=1S/C38H71NO5S/c1-3-5-7-9-11-13-15-17-18-19-20-22-23-25-27-29-31-33-37(40)36(35-45(42,43)44)39-38(41)34-32-30-28-26-24-21-16-14-12-10-8-6-4-2/h6,8,12,14,21,24,36-37,40H,3-5,7,9-11,13,15-20,22-23,25-35H2,1-2H3,(H,39,41)(H,42,43,44)/b8-6-,14-12-,24-21-. The highest BCUT2D eigenvalue weighted by Crippen LogP contribution is 2.16. The highest BCUT2D eigenvalue weighted by atomic mass is 32.2. The zero-order valence-corrected chi connectivity index (χ0v) is 30.1. The summed E-state index contributed by atoms with van der Waals surface area (Å²) < 4.78 is 32.4. The summed E-state index contributed by atoms with van der Waals surface area (Å²) in [5.41, 5.74) is 0. The molecule has 0 aromatic carbocycles. The molecule has 0 aromatic rings. The van der Waals surface area contributed by atoms with Gasteiger partial charge in [0.2, 0.25) is 5.91 Å². The third-order valence-corrected chi connectivity index (χ3v) is 9.14. The molecular formula is C38H71NO5S. The monoisotopic (exact) mass is 654 g/mol. The van der Waals surface area contributed by atoms with Gasteiger partial charge in [-0.1, -0.05) is 166 Å². The maximum Gasteiger partial charge on any atom is 0.266 e. The Morgan fingerprint density at radius 1 is 0.622 bits per heavy atom. The lowest BCUT2D eigenvalue weighted by atomic mass is 10.0. The number of aliphatic hydroxyl groups excluding tert-OH is 1. The Kier molecular flexibility index (Phi) is 31.5. The van der Waals surface area contributed by atoms with Gasteiger partial charge in [0, 0.05) is 6.42 Å². The Hall–Kier alpha value is -1.44. The SMILES string of the molecule is CC/C=C\C/C=C\C/C=C\CCCCCC(=O)NC(CS(=O)(=O)O)C(O)CCCCCCCCCCCCCCCCCCC. The van der Waals surface area contributed by atoms with E-state index in [1.807, 2.05) is 0 Å². The maximum atomic E-state index is 12.5. The Balaban J connectivity index is 3.94. The van der Waals surface area contributed by atoms with E-state index < -0.39 is 28.0 Å². The summed E-state index contributed by atoms with van der Waals surface area (Å²) in [6.07, 6.45) is 40.9. The number of aliphatic hydroxyl groups is 1. The van der Waals surface area contributed by atoms with E-state index in [9.17, 15) is 22.9 Å². The number of amides is 1. The summed E-state index contributed by atoms with van der Waals surface area (Å²) in [5, 5.41) is 13.3. The number of allylic oxidation sites excluding steroid dienone is 6. The largest absolute Gasteiger partial charge is 0.391 e. The molecule has 2 atom stereocenters. The predicted octanol–water partition coefficient (Wildman–Crippen LogP) is 10.6. The van der Waals surface area contributed by atoms with Crippen molar-refractivity contribution in [1.29, 1.82) is 0 Å². The van der Waals surface area contributed by atoms with E-state index in [1.54, 1.807) is 0 Å². The Morgan fingerprint density at radius 2 is 1.07 bits per heavy atom. The average molecular weight is 654 g/mol. The molecule has 0 radical (unpaired) electrons. The normalized spacial score (nSPS) is 13.8. The minimum atomic E-state index is -4.31. The Labute approximate surface area is 278 Å². The van der Waals surface area contributed by atoms with E-state index in [0.717, 1.165) is 57.8 Å². The molecule has 3 N–H and O–H groups in total. The Bertz CT molecular complexity index is 852. The molecule has 0 aromatic heterocycles. The van der Waals surface area contributed by atoms with Crippen LogP contribution in [0, 0.1) is 0 Å². The number of hydrogen-bond acceptors (Lipinski definition) is 4. The minimum absolute atomic E-state index is 0.275. The summed E-state index contributed by atoms with van der Waals surface area (Å²) in [4.78, 5) is 12.5. The van der Waals surface area contributed by atoms with E-state index >= 15 is 0 Å². The van der Waals surface area contributed by atoms with Gasteiger partial charge in [-0.05, 0) is 44.9 Å². The molecule has 0 fully saturated rings. The molecule has 0 heterocycles. The van der Waals surface area contributed by atoms with Gasteiger partial charge in [0.25, 0.3) is 10.1 Å². The van der Waals surface area contributed by atoms with Crippen LogP contribution >= 0.6 is 0 Å². The van der Waals surface area contributed by atoms with Crippen molar-refractivity contribution in [3.8, 4) is 0 Å². The van der Waals surface area contributed by atoms with Gasteiger partial charge >= 0.3 is 0 Å². The molecule has 0 saturated heterocycles. The van der Waals surface area contributed by atoms with E-state index in [4.69, 9.17) is 0 Å². The van der Waals surface area contributed by atoms with Crippen LogP contribution in [0.2, 0.25) is 0 Å². The quantitative estimate of drug-likeness (QED) is 0.0371. The van der Waals surface area contributed by atoms with Gasteiger partial charge < -0.3 is 10.4 Å². The molecule has 6 nitrogen and oxygen atoms in total. The number of rotatable bonds is 33. The van der Waals surface area contributed by atoms with Crippen molar-refractivity contribution >= 4 is 16.0 Å². The molecule has 45 heavy (non-hydrogen) atoms. The van der Waals surface area contributed by atoms with Gasteiger partial charge in [-0.3, -0.25) is 9.35 Å². The summed E-state index contributed by atoms with van der Waals surface area (Å²) in [7, 11) is -4.31. The summed E-state index contributed by atoms with van der Waals surface area (Å²) in [6, 6.07) is -0.984. The highest BCUT2D eigenvalue weighted by Gasteiger charge is 2.26. The zero-order valence-electron chi connectivity index (χ0n) is 29.2. The van der Waals surface area contributed by atoms with Crippen LogP contribution < -0.4 is 5.32 Å². The molecular weight excluding hydrogens is 582 g/mol. The van der Waals surface area contributed by atoms with Crippen LogP contribution in [0.3, 0.4) is 0 Å². The molecule has 2 unspecified atom stereocenters. The fraction of sp³-hybridized carbons (Fsp3) is 0.816. The van der Waals surface area contributed by atoms with Gasteiger partial charge in [0.1, 0.15) is 0 Å². The molecule has 7 heteroatoms. The summed E-state index contributed by atoms with van der Waals surface area (Å²) in [5.74, 6) is -0.935. The van der Waals surface area contributed by atoms with E-state index in [-0.39, 0.29) is 12.3 Å². The lowest BCUT2D eigenvalue weighted by molar-refractivity contribution is -0.122. The van der Waals surface area contributed by atoms with Crippen molar-refractivity contribution in [3.05, 3.63) is 36.5 Å². The second kappa shape index (κ2) is 32.5. The van der Waals surface area contributed by atoms with Crippen LogP contribution in [-0.2, 0) is 14.9 Å². The van der Waals surface area contributed by atoms with Crippen molar-refractivity contribution in [3.63, 3.8) is 0 Å². The molecule has 1 amide bonds. The molecule has 0 spiro atoms.